The lowest BCUT2D eigenvalue weighted by molar-refractivity contribution is -0.387. The van der Waals surface area contributed by atoms with Crippen LogP contribution < -0.4 is 5.32 Å². The largest absolute Gasteiger partial charge is 0.314 e. The highest BCUT2D eigenvalue weighted by Gasteiger charge is 2.36. The Balaban J connectivity index is 2.43. The van der Waals surface area contributed by atoms with Crippen molar-refractivity contribution in [1.82, 2.24) is 9.62 Å². The molecular weight excluding hydrogens is 294 g/mol. The molecule has 2 rings (SSSR count). The molecule has 1 N–H and O–H groups in total. The van der Waals surface area contributed by atoms with Gasteiger partial charge in [0.1, 0.15) is 0 Å². The smallest absolute Gasteiger partial charge is 0.289 e. The molecule has 21 heavy (non-hydrogen) atoms. The van der Waals surface area contributed by atoms with Crippen LogP contribution in [0.1, 0.15) is 19.8 Å². The lowest BCUT2D eigenvalue weighted by Crippen LogP contribution is -2.53. The maximum Gasteiger partial charge on any atom is 0.289 e. The first-order chi connectivity index (χ1) is 9.98. The van der Waals surface area contributed by atoms with Gasteiger partial charge in [-0.15, -0.1) is 0 Å². The third-order valence-electron chi connectivity index (χ3n) is 3.57. The Hall–Kier alpha value is -1.51. The molecule has 1 fully saturated rings. The number of nitro benzene ring substituents is 1. The zero-order valence-electron chi connectivity index (χ0n) is 11.9. The van der Waals surface area contributed by atoms with Crippen LogP contribution >= 0.6 is 0 Å². The van der Waals surface area contributed by atoms with E-state index < -0.39 is 14.9 Å². The van der Waals surface area contributed by atoms with Gasteiger partial charge in [0.25, 0.3) is 5.69 Å². The van der Waals surface area contributed by atoms with Gasteiger partial charge in [0.05, 0.1) is 4.92 Å². The molecule has 116 valence electrons. The van der Waals surface area contributed by atoms with Crippen molar-refractivity contribution < 1.29 is 13.3 Å². The summed E-state index contributed by atoms with van der Waals surface area (Å²) in [7, 11) is -3.86. The molecule has 0 spiro atoms. The fourth-order valence-electron chi connectivity index (χ4n) is 2.59. The Labute approximate surface area is 124 Å². The van der Waals surface area contributed by atoms with Crippen molar-refractivity contribution in [2.75, 3.05) is 19.6 Å². The molecule has 0 bridgehead atoms. The van der Waals surface area contributed by atoms with Crippen molar-refractivity contribution in [2.24, 2.45) is 0 Å². The second kappa shape index (κ2) is 6.50. The van der Waals surface area contributed by atoms with Crippen LogP contribution in [-0.4, -0.2) is 43.3 Å². The van der Waals surface area contributed by atoms with Crippen LogP contribution in [-0.2, 0) is 10.0 Å². The van der Waals surface area contributed by atoms with Crippen molar-refractivity contribution in [1.29, 1.82) is 0 Å². The number of rotatable bonds is 5. The van der Waals surface area contributed by atoms with Gasteiger partial charge in [-0.2, -0.15) is 4.31 Å². The second-order valence-electron chi connectivity index (χ2n) is 4.99. The minimum absolute atomic E-state index is 0.159. The van der Waals surface area contributed by atoms with Gasteiger partial charge in [-0.05, 0) is 12.5 Å². The van der Waals surface area contributed by atoms with Gasteiger partial charge < -0.3 is 5.32 Å². The Morgan fingerprint density at radius 1 is 1.43 bits per heavy atom. The highest BCUT2D eigenvalue weighted by atomic mass is 32.2. The summed E-state index contributed by atoms with van der Waals surface area (Å²) >= 11 is 0. The molecule has 0 amide bonds. The van der Waals surface area contributed by atoms with Crippen LogP contribution in [0.15, 0.2) is 29.2 Å². The summed E-state index contributed by atoms with van der Waals surface area (Å²) in [6.07, 6.45) is 1.59. The molecule has 0 radical (unpaired) electrons. The third kappa shape index (κ3) is 3.22. The molecule has 1 aliphatic rings. The van der Waals surface area contributed by atoms with Crippen LogP contribution in [0.3, 0.4) is 0 Å². The summed E-state index contributed by atoms with van der Waals surface area (Å²) < 4.78 is 27.0. The molecule has 1 heterocycles. The molecule has 1 aromatic rings. The first-order valence-electron chi connectivity index (χ1n) is 6.94. The summed E-state index contributed by atoms with van der Waals surface area (Å²) in [5.41, 5.74) is -0.369. The topological polar surface area (TPSA) is 92.6 Å². The molecule has 0 saturated carbocycles. The molecule has 1 saturated heterocycles. The molecule has 7 nitrogen and oxygen atoms in total. The summed E-state index contributed by atoms with van der Waals surface area (Å²) in [5, 5.41) is 14.2. The minimum Gasteiger partial charge on any atom is -0.314 e. The number of para-hydroxylation sites is 1. The van der Waals surface area contributed by atoms with Crippen molar-refractivity contribution in [3.05, 3.63) is 34.4 Å². The molecule has 0 aromatic heterocycles. The summed E-state index contributed by atoms with van der Waals surface area (Å²) in [6, 6.07) is 5.35. The first-order valence-corrected chi connectivity index (χ1v) is 8.38. The number of nitrogens with one attached hydrogen (secondary N) is 1. The van der Waals surface area contributed by atoms with Crippen LogP contribution in [0.4, 0.5) is 5.69 Å². The molecule has 1 atom stereocenters. The highest BCUT2D eigenvalue weighted by molar-refractivity contribution is 7.89. The normalized spacial score (nSPS) is 20.3. The lowest BCUT2D eigenvalue weighted by Gasteiger charge is -2.34. The number of nitro groups is 1. The third-order valence-corrected chi connectivity index (χ3v) is 5.57. The SMILES string of the molecule is CCCC1CNCCN1S(=O)(=O)c1ccccc1[N+](=O)[O-]. The van der Waals surface area contributed by atoms with E-state index in [2.05, 4.69) is 5.32 Å². The van der Waals surface area contributed by atoms with E-state index in [1.54, 1.807) is 0 Å². The average molecular weight is 313 g/mol. The monoisotopic (exact) mass is 313 g/mol. The molecule has 8 heteroatoms. The number of hydrogen-bond donors (Lipinski definition) is 1. The van der Waals surface area contributed by atoms with Gasteiger partial charge in [0.2, 0.25) is 10.0 Å². The van der Waals surface area contributed by atoms with Gasteiger partial charge in [-0.25, -0.2) is 8.42 Å². The number of nitrogens with zero attached hydrogens (tertiary/aromatic N) is 2. The van der Waals surface area contributed by atoms with Crippen molar-refractivity contribution in [2.45, 2.75) is 30.7 Å². The summed E-state index contributed by atoms with van der Waals surface area (Å²) in [5.74, 6) is 0. The Morgan fingerprint density at radius 2 is 2.14 bits per heavy atom. The quantitative estimate of drug-likeness (QED) is 0.654. The average Bonchev–Trinajstić information content (AvgIpc) is 2.48. The molecule has 1 aromatic carbocycles. The first kappa shape index (κ1) is 15.9. The van der Waals surface area contributed by atoms with E-state index in [0.29, 0.717) is 19.6 Å². The summed E-state index contributed by atoms with van der Waals surface area (Å²) in [4.78, 5) is 10.2. The Morgan fingerprint density at radius 3 is 2.81 bits per heavy atom. The highest BCUT2D eigenvalue weighted by Crippen LogP contribution is 2.28. The van der Waals surface area contributed by atoms with Crippen LogP contribution in [0.25, 0.3) is 0 Å². The fourth-order valence-corrected chi connectivity index (χ4v) is 4.40. The van der Waals surface area contributed by atoms with Gasteiger partial charge in [0.15, 0.2) is 4.90 Å². The van der Waals surface area contributed by atoms with E-state index in [-0.39, 0.29) is 16.6 Å². The van der Waals surface area contributed by atoms with E-state index in [4.69, 9.17) is 0 Å². The zero-order chi connectivity index (χ0) is 15.5. The van der Waals surface area contributed by atoms with E-state index in [0.717, 1.165) is 12.8 Å². The lowest BCUT2D eigenvalue weighted by atomic mass is 10.1. The van der Waals surface area contributed by atoms with Crippen molar-refractivity contribution >= 4 is 15.7 Å². The van der Waals surface area contributed by atoms with Gasteiger partial charge in [-0.3, -0.25) is 10.1 Å². The van der Waals surface area contributed by atoms with E-state index in [1.807, 2.05) is 6.92 Å². The van der Waals surface area contributed by atoms with E-state index in [9.17, 15) is 18.5 Å². The van der Waals surface area contributed by atoms with Crippen LogP contribution in [0.5, 0.6) is 0 Å². The van der Waals surface area contributed by atoms with Gasteiger partial charge in [0, 0.05) is 31.7 Å². The molecular formula is C13H19N3O4S. The Bertz CT molecular complexity index is 616. The maximum absolute atomic E-state index is 12.8. The number of piperazine rings is 1. The second-order valence-corrected chi connectivity index (χ2v) is 6.85. The van der Waals surface area contributed by atoms with Crippen molar-refractivity contribution in [3.8, 4) is 0 Å². The summed E-state index contributed by atoms with van der Waals surface area (Å²) in [6.45, 7) is 3.46. The maximum atomic E-state index is 12.8. The van der Waals surface area contributed by atoms with Gasteiger partial charge >= 0.3 is 0 Å². The number of benzene rings is 1. The van der Waals surface area contributed by atoms with Crippen LogP contribution in [0, 0.1) is 10.1 Å². The number of hydrogen-bond acceptors (Lipinski definition) is 5. The van der Waals surface area contributed by atoms with Gasteiger partial charge in [-0.1, -0.05) is 25.5 Å². The Kier molecular flexibility index (Phi) is 4.92. The predicted molar refractivity (Wildman–Crippen MR) is 78.6 cm³/mol. The molecule has 1 unspecified atom stereocenters. The van der Waals surface area contributed by atoms with Crippen molar-refractivity contribution in [3.63, 3.8) is 0 Å². The standard InChI is InChI=1S/C13H19N3O4S/c1-2-5-11-10-14-8-9-15(11)21(19,20)13-7-4-3-6-12(13)16(17)18/h3-4,6-7,11,14H,2,5,8-10H2,1H3. The van der Waals surface area contributed by atoms with E-state index in [1.165, 1.54) is 28.6 Å². The van der Waals surface area contributed by atoms with Crippen LogP contribution in [0.2, 0.25) is 0 Å². The molecule has 1 aliphatic heterocycles. The predicted octanol–water partition coefficient (Wildman–Crippen LogP) is 1.36. The molecule has 0 aliphatic carbocycles. The zero-order valence-corrected chi connectivity index (χ0v) is 12.7. The van der Waals surface area contributed by atoms with E-state index >= 15 is 0 Å². The minimum atomic E-state index is -3.86. The number of sulfonamides is 1. The fraction of sp³-hybridized carbons (Fsp3) is 0.538.